The summed E-state index contributed by atoms with van der Waals surface area (Å²) in [6.07, 6.45) is -0.994. The van der Waals surface area contributed by atoms with Crippen LogP contribution in [0.4, 0.5) is 4.79 Å². The Morgan fingerprint density at radius 3 is 2.69 bits per heavy atom. The highest BCUT2D eigenvalue weighted by molar-refractivity contribution is 5.65. The number of hydrogen-bond donors (Lipinski definition) is 1. The molecule has 0 aromatic heterocycles. The Hall–Kier alpha value is -1.28. The number of carboxylic acid groups (broad SMARTS) is 1. The van der Waals surface area contributed by atoms with Crippen molar-refractivity contribution in [2.75, 3.05) is 13.2 Å². The highest BCUT2D eigenvalue weighted by Gasteiger charge is 2.38. The third kappa shape index (κ3) is 2.86. The van der Waals surface area contributed by atoms with Gasteiger partial charge in [0.15, 0.2) is 0 Å². The van der Waals surface area contributed by atoms with E-state index in [1.54, 1.807) is 0 Å². The lowest BCUT2D eigenvalue weighted by molar-refractivity contribution is -0.0797. The summed E-state index contributed by atoms with van der Waals surface area (Å²) in [6.45, 7) is 6.61. The summed E-state index contributed by atoms with van der Waals surface area (Å²) < 4.78 is 5.51. The van der Waals surface area contributed by atoms with E-state index < -0.39 is 6.09 Å². The molecule has 16 heavy (non-hydrogen) atoms. The van der Waals surface area contributed by atoms with E-state index in [0.717, 1.165) is 0 Å². The molecule has 2 atom stereocenters. The van der Waals surface area contributed by atoms with Crippen molar-refractivity contribution in [1.29, 1.82) is 5.26 Å². The van der Waals surface area contributed by atoms with Crippen LogP contribution in [-0.2, 0) is 4.74 Å². The van der Waals surface area contributed by atoms with E-state index in [4.69, 9.17) is 15.1 Å². The maximum atomic E-state index is 11.1. The SMILES string of the molecule is CC(C)(C)C1COC(CC#N)CN1C(=O)O. The van der Waals surface area contributed by atoms with Crippen molar-refractivity contribution in [3.05, 3.63) is 0 Å². The average Bonchev–Trinajstić information content (AvgIpc) is 2.16. The lowest BCUT2D eigenvalue weighted by Crippen LogP contribution is -2.56. The fourth-order valence-corrected chi connectivity index (χ4v) is 1.87. The van der Waals surface area contributed by atoms with Crippen LogP contribution in [0.15, 0.2) is 0 Å². The predicted molar refractivity (Wildman–Crippen MR) is 57.9 cm³/mol. The highest BCUT2D eigenvalue weighted by atomic mass is 16.5. The Bertz CT molecular complexity index is 303. The van der Waals surface area contributed by atoms with Gasteiger partial charge in [0.25, 0.3) is 0 Å². The van der Waals surface area contributed by atoms with Gasteiger partial charge in [0.05, 0.1) is 37.8 Å². The van der Waals surface area contributed by atoms with E-state index in [9.17, 15) is 4.79 Å². The van der Waals surface area contributed by atoms with Crippen molar-refractivity contribution in [3.63, 3.8) is 0 Å². The standard InChI is InChI=1S/C11H18N2O3/c1-11(2,3)9-7-16-8(4-5-12)6-13(9)10(14)15/h8-9H,4,6-7H2,1-3H3,(H,14,15). The van der Waals surface area contributed by atoms with Crippen molar-refractivity contribution in [1.82, 2.24) is 4.90 Å². The lowest BCUT2D eigenvalue weighted by atomic mass is 9.85. The molecule has 0 aromatic carbocycles. The van der Waals surface area contributed by atoms with Crippen LogP contribution in [-0.4, -0.2) is 41.4 Å². The van der Waals surface area contributed by atoms with Gasteiger partial charge in [-0.1, -0.05) is 20.8 Å². The lowest BCUT2D eigenvalue weighted by Gasteiger charge is -2.43. The van der Waals surface area contributed by atoms with Crippen LogP contribution in [0.1, 0.15) is 27.2 Å². The summed E-state index contributed by atoms with van der Waals surface area (Å²) >= 11 is 0. The topological polar surface area (TPSA) is 73.6 Å². The number of hydrogen-bond acceptors (Lipinski definition) is 3. The van der Waals surface area contributed by atoms with E-state index in [1.807, 2.05) is 26.8 Å². The highest BCUT2D eigenvalue weighted by Crippen LogP contribution is 2.28. The van der Waals surface area contributed by atoms with Crippen molar-refractivity contribution in [2.45, 2.75) is 39.3 Å². The Morgan fingerprint density at radius 1 is 1.62 bits per heavy atom. The summed E-state index contributed by atoms with van der Waals surface area (Å²) in [5, 5.41) is 17.7. The molecule has 1 rings (SSSR count). The number of amides is 1. The Balaban J connectivity index is 2.76. The van der Waals surface area contributed by atoms with E-state index in [0.29, 0.717) is 6.61 Å². The number of nitrogens with zero attached hydrogens (tertiary/aromatic N) is 2. The molecule has 90 valence electrons. The minimum atomic E-state index is -0.939. The van der Waals surface area contributed by atoms with Crippen molar-refractivity contribution >= 4 is 6.09 Å². The molecule has 1 saturated heterocycles. The maximum absolute atomic E-state index is 11.1. The monoisotopic (exact) mass is 226 g/mol. The smallest absolute Gasteiger partial charge is 0.407 e. The van der Waals surface area contributed by atoms with Crippen LogP contribution in [0.2, 0.25) is 0 Å². The second kappa shape index (κ2) is 4.71. The summed E-state index contributed by atoms with van der Waals surface area (Å²) in [5.74, 6) is 0. The van der Waals surface area contributed by atoms with Gasteiger partial charge in [0.2, 0.25) is 0 Å². The van der Waals surface area contributed by atoms with Gasteiger partial charge in [-0.25, -0.2) is 4.79 Å². The Morgan fingerprint density at radius 2 is 2.25 bits per heavy atom. The second-order valence-corrected chi connectivity index (χ2v) is 5.13. The van der Waals surface area contributed by atoms with Crippen LogP contribution in [0.3, 0.4) is 0 Å². The van der Waals surface area contributed by atoms with E-state index >= 15 is 0 Å². The molecule has 0 spiro atoms. The van der Waals surface area contributed by atoms with Crippen LogP contribution in [0, 0.1) is 16.7 Å². The Kier molecular flexibility index (Phi) is 3.76. The van der Waals surface area contributed by atoms with Gasteiger partial charge in [-0.15, -0.1) is 0 Å². The van der Waals surface area contributed by atoms with Gasteiger partial charge in [0, 0.05) is 0 Å². The number of nitriles is 1. The first kappa shape index (κ1) is 12.8. The van der Waals surface area contributed by atoms with E-state index in [1.165, 1.54) is 4.90 Å². The van der Waals surface area contributed by atoms with Gasteiger partial charge in [0.1, 0.15) is 0 Å². The van der Waals surface area contributed by atoms with Crippen LogP contribution in [0.25, 0.3) is 0 Å². The predicted octanol–water partition coefficient (Wildman–Crippen LogP) is 1.69. The van der Waals surface area contributed by atoms with Crippen molar-refractivity contribution < 1.29 is 14.6 Å². The molecule has 1 heterocycles. The van der Waals surface area contributed by atoms with Crippen LogP contribution in [0.5, 0.6) is 0 Å². The zero-order chi connectivity index (χ0) is 12.3. The van der Waals surface area contributed by atoms with E-state index in [2.05, 4.69) is 0 Å². The summed E-state index contributed by atoms with van der Waals surface area (Å²) in [5.41, 5.74) is -0.157. The molecule has 0 saturated carbocycles. The summed E-state index contributed by atoms with van der Waals surface area (Å²) in [4.78, 5) is 12.5. The molecule has 0 bridgehead atoms. The van der Waals surface area contributed by atoms with Gasteiger partial charge in [-0.3, -0.25) is 4.90 Å². The molecule has 5 heteroatoms. The number of morpholine rings is 1. The van der Waals surface area contributed by atoms with Gasteiger partial charge in [-0.2, -0.15) is 5.26 Å². The fraction of sp³-hybridized carbons (Fsp3) is 0.818. The quantitative estimate of drug-likeness (QED) is 0.738. The summed E-state index contributed by atoms with van der Waals surface area (Å²) in [6, 6.07) is 1.85. The number of rotatable bonds is 1. The first-order valence-corrected chi connectivity index (χ1v) is 5.34. The first-order chi connectivity index (χ1) is 7.36. The minimum absolute atomic E-state index is 0.153. The summed E-state index contributed by atoms with van der Waals surface area (Å²) in [7, 11) is 0. The molecular formula is C11H18N2O3. The normalized spacial score (nSPS) is 26.2. The average molecular weight is 226 g/mol. The third-order valence-electron chi connectivity index (χ3n) is 2.83. The molecule has 0 aromatic rings. The Labute approximate surface area is 95.6 Å². The molecule has 1 amide bonds. The van der Waals surface area contributed by atoms with Crippen molar-refractivity contribution in [2.24, 2.45) is 5.41 Å². The number of ether oxygens (including phenoxy) is 1. The molecule has 2 unspecified atom stereocenters. The number of carbonyl (C=O) groups is 1. The van der Waals surface area contributed by atoms with Crippen LogP contribution >= 0.6 is 0 Å². The first-order valence-electron chi connectivity index (χ1n) is 5.34. The molecule has 1 fully saturated rings. The third-order valence-corrected chi connectivity index (χ3v) is 2.83. The molecule has 0 aliphatic carbocycles. The molecular weight excluding hydrogens is 208 g/mol. The zero-order valence-electron chi connectivity index (χ0n) is 9.93. The minimum Gasteiger partial charge on any atom is -0.465 e. The van der Waals surface area contributed by atoms with Gasteiger partial charge in [-0.05, 0) is 5.41 Å². The zero-order valence-corrected chi connectivity index (χ0v) is 9.93. The molecule has 1 aliphatic rings. The fourth-order valence-electron chi connectivity index (χ4n) is 1.87. The molecule has 5 nitrogen and oxygen atoms in total. The van der Waals surface area contributed by atoms with Gasteiger partial charge < -0.3 is 9.84 Å². The van der Waals surface area contributed by atoms with Crippen LogP contribution < -0.4 is 0 Å². The largest absolute Gasteiger partial charge is 0.465 e. The second-order valence-electron chi connectivity index (χ2n) is 5.13. The molecule has 0 radical (unpaired) electrons. The molecule has 1 N–H and O–H groups in total. The van der Waals surface area contributed by atoms with E-state index in [-0.39, 0.29) is 30.5 Å². The molecule has 1 aliphatic heterocycles. The van der Waals surface area contributed by atoms with Gasteiger partial charge >= 0.3 is 6.09 Å². The maximum Gasteiger partial charge on any atom is 0.407 e. The van der Waals surface area contributed by atoms with Crippen molar-refractivity contribution in [3.8, 4) is 6.07 Å².